The Bertz CT molecular complexity index is 3440. The third-order valence-electron chi connectivity index (χ3n) is 11.8. The molecule has 0 saturated heterocycles. The maximum atomic E-state index is 2.47. The summed E-state index contributed by atoms with van der Waals surface area (Å²) in [6, 6.07) is 77.4. The molecule has 3 aromatic heterocycles. The predicted octanol–water partition coefficient (Wildman–Crippen LogP) is 14.3. The van der Waals surface area contributed by atoms with E-state index >= 15 is 0 Å². The maximum Gasteiger partial charge on any atom is 0.0561 e. The van der Waals surface area contributed by atoms with Crippen LogP contribution in [-0.4, -0.2) is 13.7 Å². The number of rotatable bonds is 5. The zero-order chi connectivity index (χ0) is 37.5. The molecule has 0 atom stereocenters. The summed E-state index contributed by atoms with van der Waals surface area (Å²) >= 11 is 0. The largest absolute Gasteiger partial charge is 0.309 e. The van der Waals surface area contributed by atoms with E-state index < -0.39 is 0 Å². The van der Waals surface area contributed by atoms with Crippen LogP contribution in [0.15, 0.2) is 212 Å². The average molecular weight is 726 g/mol. The molecule has 0 aliphatic carbocycles. The molecule has 0 bridgehead atoms. The molecule has 0 amide bonds. The van der Waals surface area contributed by atoms with Crippen LogP contribution in [0.5, 0.6) is 0 Å². The second kappa shape index (κ2) is 12.5. The van der Waals surface area contributed by atoms with Gasteiger partial charge in [0, 0.05) is 49.4 Å². The van der Waals surface area contributed by atoms with E-state index in [-0.39, 0.29) is 0 Å². The molecular formula is C54H35N3. The predicted molar refractivity (Wildman–Crippen MR) is 240 cm³/mol. The number of hydrogen-bond acceptors (Lipinski definition) is 0. The number of fused-ring (bicyclic) bond motifs is 10. The van der Waals surface area contributed by atoms with E-state index in [0.29, 0.717) is 0 Å². The van der Waals surface area contributed by atoms with Crippen molar-refractivity contribution >= 4 is 65.4 Å². The fourth-order valence-electron chi connectivity index (χ4n) is 9.36. The Morgan fingerprint density at radius 3 is 1.19 bits per heavy atom. The Morgan fingerprint density at radius 1 is 0.211 bits per heavy atom. The molecule has 12 aromatic rings. The number of nitrogens with zero attached hydrogens (tertiary/aromatic N) is 3. The highest BCUT2D eigenvalue weighted by molar-refractivity contribution is 6.29. The molecule has 3 nitrogen and oxygen atoms in total. The molecule has 0 radical (unpaired) electrons. The van der Waals surface area contributed by atoms with Crippen LogP contribution in [-0.2, 0) is 0 Å². The van der Waals surface area contributed by atoms with Gasteiger partial charge >= 0.3 is 0 Å². The highest BCUT2D eigenvalue weighted by atomic mass is 15.0. The van der Waals surface area contributed by atoms with Gasteiger partial charge < -0.3 is 13.7 Å². The summed E-state index contributed by atoms with van der Waals surface area (Å²) in [5.74, 6) is 0. The summed E-state index contributed by atoms with van der Waals surface area (Å²) in [4.78, 5) is 0. The Kier molecular flexibility index (Phi) is 6.93. The normalized spacial score (nSPS) is 11.9. The van der Waals surface area contributed by atoms with Gasteiger partial charge in [0.1, 0.15) is 0 Å². The molecule has 3 heteroatoms. The number of para-hydroxylation sites is 4. The number of benzene rings is 9. The monoisotopic (exact) mass is 725 g/mol. The van der Waals surface area contributed by atoms with E-state index in [1.165, 1.54) is 87.7 Å². The average Bonchev–Trinajstić information content (AvgIpc) is 3.92. The quantitative estimate of drug-likeness (QED) is 0.168. The zero-order valence-electron chi connectivity index (χ0n) is 31.0. The molecule has 0 aliphatic rings. The van der Waals surface area contributed by atoms with Gasteiger partial charge in [0.05, 0.1) is 33.1 Å². The smallest absolute Gasteiger partial charge is 0.0561 e. The van der Waals surface area contributed by atoms with Crippen molar-refractivity contribution in [1.82, 2.24) is 13.7 Å². The molecule has 0 saturated carbocycles. The van der Waals surface area contributed by atoms with Gasteiger partial charge in [-0.15, -0.1) is 0 Å². The fraction of sp³-hybridized carbons (Fsp3) is 0. The Labute approximate surface area is 329 Å². The molecule has 9 aromatic carbocycles. The fourth-order valence-corrected chi connectivity index (χ4v) is 9.36. The lowest BCUT2D eigenvalue weighted by Crippen LogP contribution is -1.97. The molecule has 266 valence electrons. The Morgan fingerprint density at radius 2 is 0.632 bits per heavy atom. The van der Waals surface area contributed by atoms with Gasteiger partial charge in [-0.3, -0.25) is 0 Å². The lowest BCUT2D eigenvalue weighted by molar-refractivity contribution is 1.15. The van der Waals surface area contributed by atoms with Crippen LogP contribution < -0.4 is 0 Å². The standard InChI is InChI=1S/C54H35N3/c1-4-16-36(17-5-1)38-32-39(37-18-6-2-7-19-37)34-42(33-38)57-49-27-15-12-24-46(49)54-51(57)31-30-50-53(54)45-23-11-14-26-48(45)56(50)41-28-29-44-43-22-10-13-25-47(43)55(52(44)35-41)40-20-8-3-9-21-40/h1-35H. The van der Waals surface area contributed by atoms with Crippen LogP contribution in [0.4, 0.5) is 0 Å². The van der Waals surface area contributed by atoms with Gasteiger partial charge in [-0.1, -0.05) is 140 Å². The topological polar surface area (TPSA) is 14.8 Å². The first-order valence-electron chi connectivity index (χ1n) is 19.6. The lowest BCUT2D eigenvalue weighted by Gasteiger charge is -2.14. The highest BCUT2D eigenvalue weighted by Gasteiger charge is 2.22. The molecule has 57 heavy (non-hydrogen) atoms. The molecule has 0 aliphatic heterocycles. The van der Waals surface area contributed by atoms with Crippen molar-refractivity contribution in [3.63, 3.8) is 0 Å². The minimum absolute atomic E-state index is 1.14. The van der Waals surface area contributed by atoms with Crippen molar-refractivity contribution in [2.45, 2.75) is 0 Å². The van der Waals surface area contributed by atoms with E-state index in [2.05, 4.69) is 226 Å². The van der Waals surface area contributed by atoms with Crippen LogP contribution in [0, 0.1) is 0 Å². The van der Waals surface area contributed by atoms with E-state index in [4.69, 9.17) is 0 Å². The summed E-state index contributed by atoms with van der Waals surface area (Å²) in [6.07, 6.45) is 0. The molecule has 3 heterocycles. The molecule has 0 N–H and O–H groups in total. The van der Waals surface area contributed by atoms with Gasteiger partial charge in [0.15, 0.2) is 0 Å². The Hall–Kier alpha value is -7.62. The van der Waals surface area contributed by atoms with Crippen molar-refractivity contribution in [1.29, 1.82) is 0 Å². The summed E-state index contributed by atoms with van der Waals surface area (Å²) in [5, 5.41) is 7.52. The zero-order valence-corrected chi connectivity index (χ0v) is 31.0. The SMILES string of the molecule is c1ccc(-c2cc(-c3ccccc3)cc(-n3c4ccccc4c4c5c6ccccc6n(-c6ccc7c8ccccc8n(-c8ccccc8)c7c6)c5ccc43)c2)cc1. The van der Waals surface area contributed by atoms with Crippen molar-refractivity contribution in [3.8, 4) is 39.3 Å². The van der Waals surface area contributed by atoms with E-state index in [1.807, 2.05) is 0 Å². The van der Waals surface area contributed by atoms with Crippen molar-refractivity contribution in [3.05, 3.63) is 212 Å². The molecule has 0 unspecified atom stereocenters. The van der Waals surface area contributed by atoms with Gasteiger partial charge in [0.2, 0.25) is 0 Å². The van der Waals surface area contributed by atoms with Crippen molar-refractivity contribution in [2.75, 3.05) is 0 Å². The lowest BCUT2D eigenvalue weighted by atomic mass is 9.98. The maximum absolute atomic E-state index is 2.47. The number of hydrogen-bond donors (Lipinski definition) is 0. The molecule has 0 fully saturated rings. The molecular weight excluding hydrogens is 691 g/mol. The first-order valence-corrected chi connectivity index (χ1v) is 19.6. The first-order chi connectivity index (χ1) is 28.3. The highest BCUT2D eigenvalue weighted by Crippen LogP contribution is 2.44. The first kappa shape index (κ1) is 31.7. The van der Waals surface area contributed by atoms with E-state index in [9.17, 15) is 0 Å². The second-order valence-electron chi connectivity index (χ2n) is 14.9. The van der Waals surface area contributed by atoms with E-state index in [1.54, 1.807) is 0 Å². The second-order valence-corrected chi connectivity index (χ2v) is 14.9. The summed E-state index contributed by atoms with van der Waals surface area (Å²) in [6.45, 7) is 0. The van der Waals surface area contributed by atoms with Crippen molar-refractivity contribution in [2.24, 2.45) is 0 Å². The summed E-state index contributed by atoms with van der Waals surface area (Å²) < 4.78 is 7.34. The number of aromatic nitrogens is 3. The molecule has 0 spiro atoms. The van der Waals surface area contributed by atoms with E-state index in [0.717, 1.165) is 17.1 Å². The molecule has 12 rings (SSSR count). The minimum atomic E-state index is 1.14. The van der Waals surface area contributed by atoms with Crippen LogP contribution >= 0.6 is 0 Å². The van der Waals surface area contributed by atoms with Gasteiger partial charge in [-0.2, -0.15) is 0 Å². The van der Waals surface area contributed by atoms with Gasteiger partial charge in [0.25, 0.3) is 0 Å². The van der Waals surface area contributed by atoms with Gasteiger partial charge in [-0.05, 0) is 95.1 Å². The van der Waals surface area contributed by atoms with Crippen LogP contribution in [0.3, 0.4) is 0 Å². The summed E-state index contributed by atoms with van der Waals surface area (Å²) in [5.41, 5.74) is 15.4. The van der Waals surface area contributed by atoms with Crippen LogP contribution in [0.2, 0.25) is 0 Å². The van der Waals surface area contributed by atoms with Crippen molar-refractivity contribution < 1.29 is 0 Å². The van der Waals surface area contributed by atoms with Gasteiger partial charge in [-0.25, -0.2) is 0 Å². The minimum Gasteiger partial charge on any atom is -0.309 e. The van der Waals surface area contributed by atoms with Crippen LogP contribution in [0.1, 0.15) is 0 Å². The third kappa shape index (κ3) is 4.79. The third-order valence-corrected chi connectivity index (χ3v) is 11.8. The van der Waals surface area contributed by atoms with Crippen LogP contribution in [0.25, 0.3) is 105 Å². The Balaban J connectivity index is 1.15. The summed E-state index contributed by atoms with van der Waals surface area (Å²) in [7, 11) is 0.